The molecule has 74 valence electrons. The van der Waals surface area contributed by atoms with E-state index in [0.717, 1.165) is 6.42 Å². The quantitative estimate of drug-likeness (QED) is 0.564. The number of hydrogen-bond acceptors (Lipinski definition) is 0. The fourth-order valence-electron chi connectivity index (χ4n) is 0.847. The molecule has 1 heteroatoms. The first-order valence-corrected chi connectivity index (χ1v) is 5.63. The summed E-state index contributed by atoms with van der Waals surface area (Å²) in [7, 11) is 0. The van der Waals surface area contributed by atoms with Crippen LogP contribution in [0.25, 0.3) is 0 Å². The summed E-state index contributed by atoms with van der Waals surface area (Å²) in [6.07, 6.45) is 9.62. The summed E-state index contributed by atoms with van der Waals surface area (Å²) in [6, 6.07) is 0. The third-order valence-electron chi connectivity index (χ3n) is 2.12. The molecule has 0 aromatic heterocycles. The molecule has 0 amide bonds. The van der Waals surface area contributed by atoms with Gasteiger partial charge >= 0.3 is 0 Å². The Hall–Kier alpha value is 0.290. The molecule has 0 nitrogen and oxygen atoms in total. The van der Waals surface area contributed by atoms with Crippen molar-refractivity contribution in [1.82, 2.24) is 0 Å². The molecule has 0 aliphatic heterocycles. The van der Waals surface area contributed by atoms with Crippen LogP contribution in [0.1, 0.15) is 65.7 Å². The molecule has 1 aliphatic rings. The highest BCUT2D eigenvalue weighted by Gasteiger charge is 2.10. The second-order valence-electron chi connectivity index (χ2n) is 4.24. The standard InChI is InChI=1S/C7H15Cl.C4H8/c1-4-5-6-7(2,3)8;1-2-4-3-1/h4-6H2,1-3H3;1-4H2. The molecule has 0 aromatic carbocycles. The van der Waals surface area contributed by atoms with Crippen molar-refractivity contribution in [2.75, 3.05) is 0 Å². The molecule has 0 bridgehead atoms. The number of unbranched alkanes of at least 4 members (excludes halogenated alkanes) is 1. The molecule has 0 aromatic rings. The Labute approximate surface area is 82.7 Å². The highest BCUT2D eigenvalue weighted by atomic mass is 35.5. The van der Waals surface area contributed by atoms with Gasteiger partial charge in [0.1, 0.15) is 0 Å². The largest absolute Gasteiger partial charge is 0.120 e. The molecule has 1 fully saturated rings. The Bertz CT molecular complexity index is 83.7. The maximum Gasteiger partial charge on any atom is 0.0390 e. The molecule has 1 rings (SSSR count). The minimum Gasteiger partial charge on any atom is -0.120 e. The zero-order chi connectivity index (χ0) is 9.45. The lowest BCUT2D eigenvalue weighted by Gasteiger charge is -2.13. The van der Waals surface area contributed by atoms with E-state index in [2.05, 4.69) is 20.8 Å². The molecule has 0 unspecified atom stereocenters. The lowest BCUT2D eigenvalue weighted by molar-refractivity contribution is 0.504. The van der Waals surface area contributed by atoms with Crippen LogP contribution in [-0.4, -0.2) is 4.87 Å². The Kier molecular flexibility index (Phi) is 6.93. The average molecular weight is 191 g/mol. The topological polar surface area (TPSA) is 0 Å². The molecule has 0 heterocycles. The Morgan fingerprint density at radius 1 is 1.08 bits per heavy atom. The summed E-state index contributed by atoms with van der Waals surface area (Å²) in [5, 5.41) is 0. The number of halogens is 1. The van der Waals surface area contributed by atoms with Crippen molar-refractivity contribution in [3.63, 3.8) is 0 Å². The lowest BCUT2D eigenvalue weighted by atomic mass is 10.0. The van der Waals surface area contributed by atoms with Crippen LogP contribution >= 0.6 is 11.6 Å². The van der Waals surface area contributed by atoms with Gasteiger partial charge in [0, 0.05) is 4.87 Å². The Balaban J connectivity index is 0.000000247. The first-order chi connectivity index (χ1) is 5.56. The fourth-order valence-corrected chi connectivity index (χ4v) is 0.981. The molecule has 0 N–H and O–H groups in total. The Morgan fingerprint density at radius 2 is 1.50 bits per heavy atom. The van der Waals surface area contributed by atoms with E-state index in [1.807, 2.05) is 0 Å². The first-order valence-electron chi connectivity index (χ1n) is 5.25. The maximum absolute atomic E-state index is 5.91. The molecule has 0 atom stereocenters. The van der Waals surface area contributed by atoms with E-state index in [0.29, 0.717) is 0 Å². The summed E-state index contributed by atoms with van der Waals surface area (Å²) in [4.78, 5) is 0.0238. The van der Waals surface area contributed by atoms with Crippen LogP contribution in [0.15, 0.2) is 0 Å². The summed E-state index contributed by atoms with van der Waals surface area (Å²) in [6.45, 7) is 6.30. The maximum atomic E-state index is 5.91. The van der Waals surface area contributed by atoms with Crippen molar-refractivity contribution in [3.8, 4) is 0 Å². The van der Waals surface area contributed by atoms with Crippen molar-refractivity contribution < 1.29 is 0 Å². The van der Waals surface area contributed by atoms with E-state index in [9.17, 15) is 0 Å². The molecule has 0 spiro atoms. The Morgan fingerprint density at radius 3 is 1.58 bits per heavy atom. The molecular weight excluding hydrogens is 168 g/mol. The summed E-state index contributed by atoms with van der Waals surface area (Å²) < 4.78 is 0. The normalized spacial score (nSPS) is 16.0. The number of rotatable bonds is 3. The van der Waals surface area contributed by atoms with Gasteiger partial charge in [-0.25, -0.2) is 0 Å². The van der Waals surface area contributed by atoms with E-state index in [4.69, 9.17) is 11.6 Å². The predicted octanol–water partition coefficient (Wildman–Crippen LogP) is 4.75. The summed E-state index contributed by atoms with van der Waals surface area (Å²) >= 11 is 5.91. The van der Waals surface area contributed by atoms with Crippen molar-refractivity contribution in [2.45, 2.75) is 70.6 Å². The van der Waals surface area contributed by atoms with E-state index in [-0.39, 0.29) is 4.87 Å². The summed E-state index contributed by atoms with van der Waals surface area (Å²) in [5.41, 5.74) is 0. The molecule has 12 heavy (non-hydrogen) atoms. The predicted molar refractivity (Wildman–Crippen MR) is 57.9 cm³/mol. The molecule has 1 aliphatic carbocycles. The first kappa shape index (κ1) is 12.3. The van der Waals surface area contributed by atoms with Gasteiger partial charge < -0.3 is 0 Å². The smallest absolute Gasteiger partial charge is 0.0390 e. The van der Waals surface area contributed by atoms with E-state index in [1.165, 1.54) is 38.5 Å². The number of alkyl halides is 1. The third kappa shape index (κ3) is 10.3. The van der Waals surface area contributed by atoms with E-state index in [1.54, 1.807) is 0 Å². The van der Waals surface area contributed by atoms with Gasteiger partial charge in [-0.2, -0.15) is 0 Å². The average Bonchev–Trinajstić information content (AvgIpc) is 1.77. The van der Waals surface area contributed by atoms with Gasteiger partial charge in [0.05, 0.1) is 0 Å². The zero-order valence-electron chi connectivity index (χ0n) is 8.83. The van der Waals surface area contributed by atoms with Crippen molar-refractivity contribution in [3.05, 3.63) is 0 Å². The molecule has 0 radical (unpaired) electrons. The molecular formula is C11H23Cl. The third-order valence-corrected chi connectivity index (χ3v) is 2.31. The number of hydrogen-bond donors (Lipinski definition) is 0. The molecule has 1 saturated carbocycles. The van der Waals surface area contributed by atoms with Gasteiger partial charge in [0.15, 0.2) is 0 Å². The van der Waals surface area contributed by atoms with Crippen LogP contribution in [0.3, 0.4) is 0 Å². The van der Waals surface area contributed by atoms with Crippen LogP contribution in [0, 0.1) is 0 Å². The van der Waals surface area contributed by atoms with Crippen molar-refractivity contribution in [2.24, 2.45) is 0 Å². The lowest BCUT2D eigenvalue weighted by Crippen LogP contribution is -2.08. The van der Waals surface area contributed by atoms with Crippen LogP contribution in [-0.2, 0) is 0 Å². The van der Waals surface area contributed by atoms with Gasteiger partial charge in [-0.15, -0.1) is 11.6 Å². The molecule has 0 saturated heterocycles. The fraction of sp³-hybridized carbons (Fsp3) is 1.00. The second kappa shape index (κ2) is 6.77. The van der Waals surface area contributed by atoms with Gasteiger partial charge in [0.2, 0.25) is 0 Å². The minimum atomic E-state index is 0.0238. The van der Waals surface area contributed by atoms with Gasteiger partial charge in [0.25, 0.3) is 0 Å². The highest BCUT2D eigenvalue weighted by Crippen LogP contribution is 2.19. The van der Waals surface area contributed by atoms with E-state index >= 15 is 0 Å². The summed E-state index contributed by atoms with van der Waals surface area (Å²) in [5.74, 6) is 0. The minimum absolute atomic E-state index is 0.0238. The van der Waals surface area contributed by atoms with Crippen LogP contribution in [0.4, 0.5) is 0 Å². The second-order valence-corrected chi connectivity index (χ2v) is 5.26. The van der Waals surface area contributed by atoms with Crippen LogP contribution < -0.4 is 0 Å². The zero-order valence-corrected chi connectivity index (χ0v) is 9.58. The highest BCUT2D eigenvalue weighted by molar-refractivity contribution is 6.23. The monoisotopic (exact) mass is 190 g/mol. The van der Waals surface area contributed by atoms with Gasteiger partial charge in [-0.05, 0) is 20.3 Å². The van der Waals surface area contributed by atoms with Crippen LogP contribution in [0.2, 0.25) is 0 Å². The van der Waals surface area contributed by atoms with Crippen molar-refractivity contribution in [1.29, 1.82) is 0 Å². The SMILES string of the molecule is C1CCC1.CCCCC(C)(C)Cl. The van der Waals surface area contributed by atoms with Crippen LogP contribution in [0.5, 0.6) is 0 Å². The van der Waals surface area contributed by atoms with Crippen molar-refractivity contribution >= 4 is 11.6 Å². The van der Waals surface area contributed by atoms with Gasteiger partial charge in [-0.1, -0.05) is 45.4 Å². The van der Waals surface area contributed by atoms with E-state index < -0.39 is 0 Å². The van der Waals surface area contributed by atoms with Gasteiger partial charge in [-0.3, -0.25) is 0 Å².